The topological polar surface area (TPSA) is 50.3 Å². The predicted molar refractivity (Wildman–Crippen MR) is 106 cm³/mol. The van der Waals surface area contributed by atoms with Gasteiger partial charge in [-0.3, -0.25) is 4.98 Å². The Hall–Kier alpha value is -2.91. The van der Waals surface area contributed by atoms with E-state index in [4.69, 9.17) is 11.6 Å². The largest absolute Gasteiger partial charge is 0.340 e. The van der Waals surface area contributed by atoms with Gasteiger partial charge in [0.15, 0.2) is 0 Å². The van der Waals surface area contributed by atoms with E-state index in [1.807, 2.05) is 18.2 Å². The third kappa shape index (κ3) is 2.84. The summed E-state index contributed by atoms with van der Waals surface area (Å²) < 4.78 is 2.27. The molecule has 6 nitrogen and oxygen atoms in total. The Bertz CT molecular complexity index is 1010. The minimum atomic E-state index is 0.275. The van der Waals surface area contributed by atoms with Crippen molar-refractivity contribution in [2.24, 2.45) is 0 Å². The van der Waals surface area contributed by atoms with E-state index in [9.17, 15) is 0 Å². The molecular weight excluding hydrogens is 336 g/mol. The van der Waals surface area contributed by atoms with Crippen LogP contribution in [0.4, 0.5) is 11.6 Å². The van der Waals surface area contributed by atoms with Gasteiger partial charge in [0.05, 0.1) is 29.8 Å². The summed E-state index contributed by atoms with van der Waals surface area (Å²) in [5.41, 5.74) is 3.94. The van der Waals surface area contributed by atoms with Crippen molar-refractivity contribution >= 4 is 22.7 Å². The van der Waals surface area contributed by atoms with Gasteiger partial charge < -0.3 is 14.8 Å². The molecule has 0 amide bonds. The van der Waals surface area contributed by atoms with Crippen LogP contribution in [-0.4, -0.2) is 39.7 Å². The smallest absolute Gasteiger partial charge is 0.206 e. The summed E-state index contributed by atoms with van der Waals surface area (Å²) in [5.74, 6) is 1.03. The first kappa shape index (κ1) is 16.3. The number of para-hydroxylation sites is 2. The number of imidazole rings is 1. The zero-order valence-electron chi connectivity index (χ0n) is 15.2. The van der Waals surface area contributed by atoms with Gasteiger partial charge in [-0.25, -0.2) is 9.83 Å². The maximum absolute atomic E-state index is 7.10. The van der Waals surface area contributed by atoms with E-state index >= 15 is 0 Å². The Morgan fingerprint density at radius 3 is 2.81 bits per heavy atom. The van der Waals surface area contributed by atoms with E-state index in [0.29, 0.717) is 12.2 Å². The van der Waals surface area contributed by atoms with Gasteiger partial charge in [0.25, 0.3) is 0 Å². The van der Waals surface area contributed by atoms with Crippen molar-refractivity contribution in [3.8, 4) is 0 Å². The Balaban J connectivity index is 1.53. The second kappa shape index (κ2) is 6.36. The number of hydrogen-bond acceptors (Lipinski definition) is 4. The lowest BCUT2D eigenvalue weighted by Gasteiger charge is -2.50. The second-order valence-corrected chi connectivity index (χ2v) is 7.59. The highest BCUT2D eigenvalue weighted by Crippen LogP contribution is 2.33. The van der Waals surface area contributed by atoms with E-state index in [2.05, 4.69) is 42.8 Å². The average Bonchev–Trinajstić information content (AvgIpc) is 3.06. The van der Waals surface area contributed by atoms with Crippen LogP contribution in [0, 0.1) is 6.57 Å². The molecule has 0 unspecified atom stereocenters. The molecule has 2 aliphatic rings. The number of hydrogen-bond donors (Lipinski definition) is 1. The lowest BCUT2D eigenvalue weighted by molar-refractivity contribution is 0.173. The van der Waals surface area contributed by atoms with Gasteiger partial charge in [-0.15, -0.1) is 0 Å². The first-order chi connectivity index (χ1) is 13.3. The van der Waals surface area contributed by atoms with Crippen LogP contribution in [0.3, 0.4) is 0 Å². The van der Waals surface area contributed by atoms with Crippen LogP contribution in [0.5, 0.6) is 0 Å². The Morgan fingerprint density at radius 1 is 1.19 bits per heavy atom. The molecule has 4 heterocycles. The van der Waals surface area contributed by atoms with Crippen molar-refractivity contribution in [2.75, 3.05) is 24.5 Å². The van der Waals surface area contributed by atoms with E-state index in [1.165, 1.54) is 19.3 Å². The fraction of sp³-hybridized carbons (Fsp3) is 0.381. The molecule has 0 saturated carbocycles. The SMILES string of the molecule is [C-]#[N+]c1ccc(Cn2c(N3CCC[C@@]4(CCN4)C3)nc3ccccc32)nc1. The standard InChI is InChI=1S/C21H22N6/c1-22-16-7-8-17(23-13-16)14-27-19-6-3-2-5-18(19)25-20(27)26-12-4-9-21(15-26)10-11-24-21/h2-3,5-8,13,24H,4,9-12,14-15H2/t21-/m1/s1. The molecule has 0 aliphatic carbocycles. The normalized spacial score (nSPS) is 22.0. The minimum Gasteiger partial charge on any atom is -0.340 e. The highest BCUT2D eigenvalue weighted by molar-refractivity contribution is 5.79. The van der Waals surface area contributed by atoms with Crippen molar-refractivity contribution in [1.82, 2.24) is 19.9 Å². The number of nitrogens with zero attached hydrogens (tertiary/aromatic N) is 5. The van der Waals surface area contributed by atoms with E-state index in [-0.39, 0.29) is 5.54 Å². The van der Waals surface area contributed by atoms with Gasteiger partial charge in [0.1, 0.15) is 0 Å². The van der Waals surface area contributed by atoms with Crippen LogP contribution in [0.2, 0.25) is 0 Å². The second-order valence-electron chi connectivity index (χ2n) is 7.59. The van der Waals surface area contributed by atoms with Crippen LogP contribution in [0.1, 0.15) is 25.0 Å². The molecule has 3 aromatic rings. The van der Waals surface area contributed by atoms with Gasteiger partial charge >= 0.3 is 0 Å². The average molecular weight is 358 g/mol. The number of pyridine rings is 1. The molecule has 2 fully saturated rings. The number of aromatic nitrogens is 3. The summed E-state index contributed by atoms with van der Waals surface area (Å²) in [5, 5.41) is 3.66. The maximum Gasteiger partial charge on any atom is 0.206 e. The maximum atomic E-state index is 7.10. The molecule has 2 aromatic heterocycles. The molecule has 0 radical (unpaired) electrons. The molecule has 27 heavy (non-hydrogen) atoms. The summed E-state index contributed by atoms with van der Waals surface area (Å²) in [4.78, 5) is 15.3. The van der Waals surface area contributed by atoms with Crippen molar-refractivity contribution in [1.29, 1.82) is 0 Å². The summed E-state index contributed by atoms with van der Waals surface area (Å²) in [6, 6.07) is 12.1. The van der Waals surface area contributed by atoms with Crippen molar-refractivity contribution in [2.45, 2.75) is 31.3 Å². The first-order valence-corrected chi connectivity index (χ1v) is 9.54. The molecule has 5 rings (SSSR count). The molecular formula is C21H22N6. The predicted octanol–water partition coefficient (Wildman–Crippen LogP) is 3.36. The van der Waals surface area contributed by atoms with Gasteiger partial charge in [0.2, 0.25) is 11.6 Å². The zero-order valence-corrected chi connectivity index (χ0v) is 15.2. The van der Waals surface area contributed by atoms with Crippen molar-refractivity contribution < 1.29 is 0 Å². The summed E-state index contributed by atoms with van der Waals surface area (Å²) >= 11 is 0. The number of piperidine rings is 1. The van der Waals surface area contributed by atoms with E-state index < -0.39 is 0 Å². The molecule has 1 aromatic carbocycles. The van der Waals surface area contributed by atoms with Crippen LogP contribution >= 0.6 is 0 Å². The quantitative estimate of drug-likeness (QED) is 0.730. The highest BCUT2D eigenvalue weighted by Gasteiger charge is 2.41. The van der Waals surface area contributed by atoms with Crippen LogP contribution in [-0.2, 0) is 6.54 Å². The molecule has 1 atom stereocenters. The molecule has 2 saturated heterocycles. The number of nitrogens with one attached hydrogen (secondary N) is 1. The minimum absolute atomic E-state index is 0.275. The highest BCUT2D eigenvalue weighted by atomic mass is 15.3. The van der Waals surface area contributed by atoms with Crippen LogP contribution in [0.25, 0.3) is 15.9 Å². The number of fused-ring (bicyclic) bond motifs is 1. The summed E-state index contributed by atoms with van der Waals surface area (Å²) in [6.45, 7) is 10.9. The van der Waals surface area contributed by atoms with Gasteiger partial charge in [0, 0.05) is 24.8 Å². The Morgan fingerprint density at radius 2 is 2.07 bits per heavy atom. The van der Waals surface area contributed by atoms with Crippen molar-refractivity contribution in [3.63, 3.8) is 0 Å². The molecule has 6 heteroatoms. The molecule has 1 N–H and O–H groups in total. The number of benzene rings is 1. The van der Waals surface area contributed by atoms with Crippen LogP contribution < -0.4 is 10.2 Å². The third-order valence-electron chi connectivity index (χ3n) is 5.86. The van der Waals surface area contributed by atoms with E-state index in [1.54, 1.807) is 6.20 Å². The lowest BCUT2D eigenvalue weighted by Crippen LogP contribution is -2.65. The lowest BCUT2D eigenvalue weighted by atomic mass is 9.80. The third-order valence-corrected chi connectivity index (χ3v) is 5.86. The van der Waals surface area contributed by atoms with Crippen molar-refractivity contribution in [3.05, 3.63) is 59.7 Å². The molecule has 136 valence electrons. The first-order valence-electron chi connectivity index (χ1n) is 9.54. The molecule has 1 spiro atoms. The Kier molecular flexibility index (Phi) is 3.83. The fourth-order valence-electron chi connectivity index (χ4n) is 4.33. The monoisotopic (exact) mass is 358 g/mol. The van der Waals surface area contributed by atoms with Gasteiger partial charge in [-0.2, -0.15) is 0 Å². The summed E-state index contributed by atoms with van der Waals surface area (Å²) in [7, 11) is 0. The fourth-order valence-corrected chi connectivity index (χ4v) is 4.33. The molecule has 0 bridgehead atoms. The van der Waals surface area contributed by atoms with E-state index in [0.717, 1.165) is 42.3 Å². The van der Waals surface area contributed by atoms with Crippen LogP contribution in [0.15, 0.2) is 42.6 Å². The number of anilines is 1. The number of rotatable bonds is 3. The zero-order chi connectivity index (χ0) is 18.3. The Labute approximate surface area is 158 Å². The molecule has 2 aliphatic heterocycles. The van der Waals surface area contributed by atoms with Gasteiger partial charge in [-0.05, 0) is 44.0 Å². The summed E-state index contributed by atoms with van der Waals surface area (Å²) in [6.07, 6.45) is 5.34. The van der Waals surface area contributed by atoms with Gasteiger partial charge in [-0.1, -0.05) is 18.2 Å².